The predicted molar refractivity (Wildman–Crippen MR) is 91.6 cm³/mol. The van der Waals surface area contributed by atoms with Crippen LogP contribution in [0.5, 0.6) is 0 Å². The first-order valence-corrected chi connectivity index (χ1v) is 8.16. The van der Waals surface area contributed by atoms with Gasteiger partial charge >= 0.3 is 0 Å². The molecule has 3 aromatic rings. The second-order valence-electron chi connectivity index (χ2n) is 5.32. The lowest BCUT2D eigenvalue weighted by atomic mass is 10.1. The molecular formula is C16H17N5OS. The molecule has 0 fully saturated rings. The molecule has 0 bridgehead atoms. The highest BCUT2D eigenvalue weighted by atomic mass is 32.2. The van der Waals surface area contributed by atoms with Crippen LogP contribution in [0.25, 0.3) is 11.0 Å². The number of benzene rings is 1. The largest absolute Gasteiger partial charge is 0.325 e. The van der Waals surface area contributed by atoms with Crippen LogP contribution in [0.4, 0.5) is 5.69 Å². The third-order valence-corrected chi connectivity index (χ3v) is 4.63. The van der Waals surface area contributed by atoms with Crippen molar-refractivity contribution >= 4 is 34.4 Å². The number of aryl methyl sites for hydroxylation is 3. The zero-order chi connectivity index (χ0) is 16.4. The molecule has 2 heterocycles. The summed E-state index contributed by atoms with van der Waals surface area (Å²) in [6, 6.07) is 5.89. The van der Waals surface area contributed by atoms with Gasteiger partial charge in [-0.25, -0.2) is 9.97 Å². The molecule has 0 radical (unpaired) electrons. The van der Waals surface area contributed by atoms with E-state index in [-0.39, 0.29) is 11.7 Å². The first-order valence-electron chi connectivity index (χ1n) is 7.17. The highest BCUT2D eigenvalue weighted by molar-refractivity contribution is 8.00. The van der Waals surface area contributed by atoms with E-state index in [4.69, 9.17) is 0 Å². The Balaban J connectivity index is 1.67. The maximum absolute atomic E-state index is 12.1. The Kier molecular flexibility index (Phi) is 4.29. The number of nitrogens with zero attached hydrogens (tertiary/aromatic N) is 4. The number of amides is 1. The van der Waals surface area contributed by atoms with Crippen molar-refractivity contribution < 1.29 is 4.79 Å². The minimum atomic E-state index is -0.0612. The van der Waals surface area contributed by atoms with Crippen LogP contribution >= 0.6 is 11.8 Å². The molecular weight excluding hydrogens is 310 g/mol. The molecule has 118 valence electrons. The van der Waals surface area contributed by atoms with Gasteiger partial charge in [0.15, 0.2) is 5.65 Å². The normalized spacial score (nSPS) is 10.9. The molecule has 1 amide bonds. The van der Waals surface area contributed by atoms with E-state index in [0.717, 1.165) is 27.3 Å². The van der Waals surface area contributed by atoms with Crippen molar-refractivity contribution in [3.8, 4) is 0 Å². The Labute approximate surface area is 138 Å². The lowest BCUT2D eigenvalue weighted by Gasteiger charge is -2.07. The van der Waals surface area contributed by atoms with Crippen LogP contribution in [-0.2, 0) is 11.8 Å². The van der Waals surface area contributed by atoms with Gasteiger partial charge in [0.25, 0.3) is 0 Å². The average molecular weight is 327 g/mol. The summed E-state index contributed by atoms with van der Waals surface area (Å²) in [5.74, 6) is 0.224. The molecule has 0 aliphatic heterocycles. The molecule has 3 rings (SSSR count). The van der Waals surface area contributed by atoms with Crippen LogP contribution in [0.3, 0.4) is 0 Å². The number of aromatic nitrogens is 4. The molecule has 0 saturated carbocycles. The van der Waals surface area contributed by atoms with Crippen molar-refractivity contribution in [1.29, 1.82) is 0 Å². The van der Waals surface area contributed by atoms with Crippen LogP contribution in [-0.4, -0.2) is 31.4 Å². The Morgan fingerprint density at radius 1 is 1.26 bits per heavy atom. The fraction of sp³-hybridized carbons (Fsp3) is 0.250. The predicted octanol–water partition coefficient (Wildman–Crippen LogP) is 2.71. The van der Waals surface area contributed by atoms with Crippen molar-refractivity contribution in [2.45, 2.75) is 18.9 Å². The summed E-state index contributed by atoms with van der Waals surface area (Å²) in [4.78, 5) is 20.6. The van der Waals surface area contributed by atoms with Gasteiger partial charge in [-0.15, -0.1) is 0 Å². The number of carbonyl (C=O) groups excluding carboxylic acids is 1. The summed E-state index contributed by atoms with van der Waals surface area (Å²) >= 11 is 1.38. The van der Waals surface area contributed by atoms with Crippen LogP contribution in [0.15, 0.2) is 35.7 Å². The number of rotatable bonds is 4. The molecule has 0 spiro atoms. The molecule has 23 heavy (non-hydrogen) atoms. The summed E-state index contributed by atoms with van der Waals surface area (Å²) in [6.45, 7) is 4.07. The molecule has 0 unspecified atom stereocenters. The summed E-state index contributed by atoms with van der Waals surface area (Å²) in [6.07, 6.45) is 3.21. The van der Waals surface area contributed by atoms with Gasteiger partial charge in [-0.2, -0.15) is 5.10 Å². The molecule has 0 atom stereocenters. The molecule has 2 aromatic heterocycles. The second kappa shape index (κ2) is 6.37. The number of hydrogen-bond donors (Lipinski definition) is 1. The lowest BCUT2D eigenvalue weighted by molar-refractivity contribution is -0.113. The van der Waals surface area contributed by atoms with Crippen molar-refractivity contribution in [1.82, 2.24) is 19.7 Å². The summed E-state index contributed by atoms with van der Waals surface area (Å²) in [5.41, 5.74) is 3.94. The fourth-order valence-corrected chi connectivity index (χ4v) is 2.97. The van der Waals surface area contributed by atoms with Gasteiger partial charge < -0.3 is 5.32 Å². The zero-order valence-electron chi connectivity index (χ0n) is 13.2. The monoisotopic (exact) mass is 327 g/mol. The number of nitrogens with one attached hydrogen (secondary N) is 1. The Hall–Kier alpha value is -2.41. The standard InChI is InChI=1S/C16H17N5OS/c1-10-4-5-12(6-11(10)2)20-14(22)8-23-16-13-7-19-21(3)15(13)17-9-18-16/h4-7,9H,8H2,1-3H3,(H,20,22). The molecule has 0 aliphatic carbocycles. The number of anilines is 1. The minimum Gasteiger partial charge on any atom is -0.325 e. The smallest absolute Gasteiger partial charge is 0.234 e. The maximum atomic E-state index is 12.1. The van der Waals surface area contributed by atoms with Gasteiger partial charge in [0, 0.05) is 12.7 Å². The van der Waals surface area contributed by atoms with Crippen molar-refractivity contribution in [2.75, 3.05) is 11.1 Å². The molecule has 6 nitrogen and oxygen atoms in total. The van der Waals surface area contributed by atoms with Crippen molar-refractivity contribution in [3.63, 3.8) is 0 Å². The SMILES string of the molecule is Cc1ccc(NC(=O)CSc2ncnc3c2cnn3C)cc1C. The van der Waals surface area contributed by atoms with E-state index in [1.807, 2.05) is 39.1 Å². The highest BCUT2D eigenvalue weighted by Crippen LogP contribution is 2.24. The van der Waals surface area contributed by atoms with Gasteiger partial charge in [0.05, 0.1) is 17.3 Å². The quantitative estimate of drug-likeness (QED) is 0.589. The van der Waals surface area contributed by atoms with Gasteiger partial charge in [-0.3, -0.25) is 9.48 Å². The zero-order valence-corrected chi connectivity index (χ0v) is 14.0. The lowest BCUT2D eigenvalue weighted by Crippen LogP contribution is -2.14. The van der Waals surface area contributed by atoms with Crippen LogP contribution in [0.1, 0.15) is 11.1 Å². The second-order valence-corrected chi connectivity index (χ2v) is 6.28. The van der Waals surface area contributed by atoms with Gasteiger partial charge in [0.2, 0.25) is 5.91 Å². The maximum Gasteiger partial charge on any atom is 0.234 e. The van der Waals surface area contributed by atoms with Gasteiger partial charge in [0.1, 0.15) is 11.4 Å². The number of thioether (sulfide) groups is 1. The number of carbonyl (C=O) groups is 1. The summed E-state index contributed by atoms with van der Waals surface area (Å²) in [7, 11) is 1.83. The first-order chi connectivity index (χ1) is 11.0. The van der Waals surface area contributed by atoms with Crippen LogP contribution in [0.2, 0.25) is 0 Å². The number of fused-ring (bicyclic) bond motifs is 1. The fourth-order valence-electron chi connectivity index (χ4n) is 2.21. The summed E-state index contributed by atoms with van der Waals surface area (Å²) in [5, 5.41) is 8.70. The molecule has 0 aliphatic rings. The van der Waals surface area contributed by atoms with Gasteiger partial charge in [-0.05, 0) is 37.1 Å². The number of hydrogen-bond acceptors (Lipinski definition) is 5. The Morgan fingerprint density at radius 2 is 2.09 bits per heavy atom. The molecule has 1 N–H and O–H groups in total. The van der Waals surface area contributed by atoms with E-state index < -0.39 is 0 Å². The van der Waals surface area contributed by atoms with E-state index >= 15 is 0 Å². The average Bonchev–Trinajstić information content (AvgIpc) is 2.91. The first kappa shape index (κ1) is 15.5. The Morgan fingerprint density at radius 3 is 2.87 bits per heavy atom. The third kappa shape index (κ3) is 3.34. The Bertz CT molecular complexity index is 874. The highest BCUT2D eigenvalue weighted by Gasteiger charge is 2.11. The van der Waals surface area contributed by atoms with Gasteiger partial charge in [-0.1, -0.05) is 17.8 Å². The van der Waals surface area contributed by atoms with E-state index in [0.29, 0.717) is 0 Å². The van der Waals surface area contributed by atoms with Crippen molar-refractivity contribution in [3.05, 3.63) is 41.9 Å². The van der Waals surface area contributed by atoms with E-state index in [9.17, 15) is 4.79 Å². The molecule has 0 saturated heterocycles. The summed E-state index contributed by atoms with van der Waals surface area (Å²) < 4.78 is 1.69. The van der Waals surface area contributed by atoms with Crippen LogP contribution < -0.4 is 5.32 Å². The minimum absolute atomic E-state index is 0.0612. The van der Waals surface area contributed by atoms with Crippen LogP contribution in [0, 0.1) is 13.8 Å². The van der Waals surface area contributed by atoms with E-state index in [1.165, 1.54) is 23.7 Å². The topological polar surface area (TPSA) is 72.7 Å². The third-order valence-electron chi connectivity index (χ3n) is 3.62. The van der Waals surface area contributed by atoms with E-state index in [1.54, 1.807) is 10.9 Å². The van der Waals surface area contributed by atoms with Crippen molar-refractivity contribution in [2.24, 2.45) is 7.05 Å². The van der Waals surface area contributed by atoms with E-state index in [2.05, 4.69) is 20.4 Å². The molecule has 7 heteroatoms. The molecule has 1 aromatic carbocycles.